The quantitative estimate of drug-likeness (QED) is 0.327. The van der Waals surface area contributed by atoms with Gasteiger partial charge in [0.05, 0.1) is 40.5 Å². The molecule has 2 aromatic carbocycles. The molecule has 0 saturated heterocycles. The number of benzene rings is 2. The van der Waals surface area contributed by atoms with Crippen LogP contribution < -0.4 is 11.3 Å². The smallest absolute Gasteiger partial charge is 0.343 e. The van der Waals surface area contributed by atoms with Crippen LogP contribution in [0, 0.1) is 0 Å². The summed E-state index contributed by atoms with van der Waals surface area (Å²) in [4.78, 5) is 25.8. The summed E-state index contributed by atoms with van der Waals surface area (Å²) in [5, 5.41) is 42.8. The number of aliphatic hydroxyl groups excluding tert-OH is 2. The Balaban J connectivity index is 2.07. The highest BCUT2D eigenvalue weighted by Crippen LogP contribution is 2.40. The first-order chi connectivity index (χ1) is 15.8. The highest BCUT2D eigenvalue weighted by molar-refractivity contribution is 5.87. The van der Waals surface area contributed by atoms with Gasteiger partial charge in [0.2, 0.25) is 0 Å². The maximum absolute atomic E-state index is 12.9. The third-order valence-electron chi connectivity index (χ3n) is 5.96. The van der Waals surface area contributed by atoms with Crippen LogP contribution in [0.15, 0.2) is 54.8 Å². The molecule has 0 aliphatic rings. The van der Waals surface area contributed by atoms with Gasteiger partial charge in [-0.1, -0.05) is 26.0 Å². The minimum Gasteiger partial charge on any atom is -0.507 e. The van der Waals surface area contributed by atoms with Crippen molar-refractivity contribution in [2.45, 2.75) is 38.7 Å². The predicted octanol–water partition coefficient (Wildman–Crippen LogP) is 2.92. The van der Waals surface area contributed by atoms with E-state index in [-0.39, 0.29) is 21.9 Å². The minimum atomic E-state index is -1.72. The lowest BCUT2D eigenvalue weighted by molar-refractivity contribution is 0.0795. The Labute approximate surface area is 188 Å². The zero-order valence-corrected chi connectivity index (χ0v) is 18.2. The van der Waals surface area contributed by atoms with Crippen LogP contribution in [0.5, 0.6) is 11.5 Å². The Kier molecular flexibility index (Phi) is 5.97. The molecule has 0 radical (unpaired) electrons. The van der Waals surface area contributed by atoms with Gasteiger partial charge in [-0.25, -0.2) is 9.59 Å². The molecule has 0 spiro atoms. The fraction of sp³-hybridized carbons (Fsp3) is 0.280. The van der Waals surface area contributed by atoms with Gasteiger partial charge in [-0.3, -0.25) is 0 Å². The van der Waals surface area contributed by atoms with Crippen LogP contribution in [0.25, 0.3) is 21.9 Å². The SMILES string of the molecule is CCc1ccc2oc(=O)c(C(c3c(O)c4cc(CC)ccc4oc3=O)C(O)CO)c(O)c2c1. The third-order valence-corrected chi connectivity index (χ3v) is 5.96. The van der Waals surface area contributed by atoms with Crippen molar-refractivity contribution in [2.75, 3.05) is 6.61 Å². The van der Waals surface area contributed by atoms with E-state index < -0.39 is 52.5 Å². The van der Waals surface area contributed by atoms with Gasteiger partial charge < -0.3 is 29.3 Å². The van der Waals surface area contributed by atoms with Crippen molar-refractivity contribution in [3.63, 3.8) is 0 Å². The van der Waals surface area contributed by atoms with Gasteiger partial charge in [0.1, 0.15) is 22.7 Å². The topological polar surface area (TPSA) is 141 Å². The van der Waals surface area contributed by atoms with Crippen molar-refractivity contribution in [2.24, 2.45) is 0 Å². The van der Waals surface area contributed by atoms with E-state index in [1.165, 1.54) is 0 Å². The minimum absolute atomic E-state index is 0.123. The van der Waals surface area contributed by atoms with E-state index in [2.05, 4.69) is 0 Å². The van der Waals surface area contributed by atoms with Gasteiger partial charge in [-0.2, -0.15) is 0 Å². The molecule has 4 rings (SSSR count). The summed E-state index contributed by atoms with van der Waals surface area (Å²) in [5.74, 6) is -2.61. The number of aromatic hydroxyl groups is 2. The molecule has 4 N–H and O–H groups in total. The van der Waals surface area contributed by atoms with Gasteiger partial charge >= 0.3 is 11.3 Å². The Hall–Kier alpha value is -3.62. The van der Waals surface area contributed by atoms with E-state index in [0.29, 0.717) is 12.8 Å². The molecule has 0 saturated carbocycles. The summed E-state index contributed by atoms with van der Waals surface area (Å²) in [6.45, 7) is 2.97. The Morgan fingerprint density at radius 2 is 1.21 bits per heavy atom. The van der Waals surface area contributed by atoms with Crippen LogP contribution in [0.4, 0.5) is 0 Å². The predicted molar refractivity (Wildman–Crippen MR) is 122 cm³/mol. The van der Waals surface area contributed by atoms with Crippen molar-refractivity contribution >= 4 is 21.9 Å². The summed E-state index contributed by atoms with van der Waals surface area (Å²) in [5.41, 5.74) is -0.965. The Morgan fingerprint density at radius 1 is 0.788 bits per heavy atom. The highest BCUT2D eigenvalue weighted by Gasteiger charge is 2.36. The molecular formula is C25H24O8. The van der Waals surface area contributed by atoms with Crippen molar-refractivity contribution in [1.29, 1.82) is 0 Å². The number of hydrogen-bond donors (Lipinski definition) is 4. The van der Waals surface area contributed by atoms with Crippen molar-refractivity contribution in [1.82, 2.24) is 0 Å². The van der Waals surface area contributed by atoms with E-state index in [9.17, 15) is 30.0 Å². The van der Waals surface area contributed by atoms with E-state index in [1.807, 2.05) is 13.8 Å². The maximum Gasteiger partial charge on any atom is 0.343 e. The number of fused-ring (bicyclic) bond motifs is 2. The average molecular weight is 452 g/mol. The molecule has 1 unspecified atom stereocenters. The molecule has 33 heavy (non-hydrogen) atoms. The third kappa shape index (κ3) is 3.77. The standard InChI is InChI=1S/C25H24O8/c1-3-12-5-7-17-14(9-12)22(28)20(24(30)32-17)19(16(27)11-26)21-23(29)15-10-13(4-2)6-8-18(15)33-25(21)31/h5-10,16,19,26-29H,3-4,11H2,1-2H3. The zero-order valence-electron chi connectivity index (χ0n) is 18.2. The maximum atomic E-state index is 12.9. The number of aliphatic hydroxyl groups is 2. The first-order valence-electron chi connectivity index (χ1n) is 10.7. The second kappa shape index (κ2) is 8.73. The Bertz CT molecular complexity index is 1360. The molecule has 8 heteroatoms. The molecule has 2 aromatic heterocycles. The van der Waals surface area contributed by atoms with Crippen molar-refractivity contribution in [3.8, 4) is 11.5 Å². The van der Waals surface area contributed by atoms with Gasteiger partial charge in [-0.15, -0.1) is 0 Å². The fourth-order valence-electron chi connectivity index (χ4n) is 4.12. The lowest BCUT2D eigenvalue weighted by atomic mass is 9.86. The van der Waals surface area contributed by atoms with E-state index >= 15 is 0 Å². The molecule has 0 aliphatic heterocycles. The molecule has 0 bridgehead atoms. The summed E-state index contributed by atoms with van der Waals surface area (Å²) >= 11 is 0. The number of hydrogen-bond acceptors (Lipinski definition) is 8. The van der Waals surface area contributed by atoms with Crippen LogP contribution in [-0.2, 0) is 12.8 Å². The molecule has 2 heterocycles. The van der Waals surface area contributed by atoms with Crippen LogP contribution >= 0.6 is 0 Å². The van der Waals surface area contributed by atoms with Gasteiger partial charge in [-0.05, 0) is 48.2 Å². The molecule has 172 valence electrons. The lowest BCUT2D eigenvalue weighted by Crippen LogP contribution is -2.31. The molecule has 0 aliphatic carbocycles. The van der Waals surface area contributed by atoms with Crippen molar-refractivity contribution in [3.05, 3.63) is 79.5 Å². The zero-order chi connectivity index (χ0) is 23.9. The van der Waals surface area contributed by atoms with Crippen molar-refractivity contribution < 1.29 is 29.3 Å². The van der Waals surface area contributed by atoms with Crippen LogP contribution in [0.1, 0.15) is 42.0 Å². The first kappa shape index (κ1) is 22.6. The summed E-state index contributed by atoms with van der Waals surface area (Å²) in [6.07, 6.45) is -0.408. The molecular weight excluding hydrogens is 428 g/mol. The molecule has 0 amide bonds. The molecule has 0 fully saturated rings. The summed E-state index contributed by atoms with van der Waals surface area (Å²) in [6, 6.07) is 9.86. The first-order valence-corrected chi connectivity index (χ1v) is 10.7. The van der Waals surface area contributed by atoms with Crippen LogP contribution in [-0.4, -0.2) is 33.1 Å². The summed E-state index contributed by atoms with van der Waals surface area (Å²) in [7, 11) is 0. The number of rotatable bonds is 6. The average Bonchev–Trinajstić information content (AvgIpc) is 2.82. The molecule has 8 nitrogen and oxygen atoms in total. The molecule has 1 atom stereocenters. The second-order valence-electron chi connectivity index (χ2n) is 7.90. The second-order valence-corrected chi connectivity index (χ2v) is 7.90. The van der Waals surface area contributed by atoms with E-state index in [1.54, 1.807) is 36.4 Å². The van der Waals surface area contributed by atoms with Gasteiger partial charge in [0.15, 0.2) is 0 Å². The largest absolute Gasteiger partial charge is 0.507 e. The monoisotopic (exact) mass is 452 g/mol. The highest BCUT2D eigenvalue weighted by atomic mass is 16.4. The summed E-state index contributed by atoms with van der Waals surface area (Å²) < 4.78 is 10.7. The van der Waals surface area contributed by atoms with E-state index in [0.717, 1.165) is 11.1 Å². The van der Waals surface area contributed by atoms with Crippen LogP contribution in [0.2, 0.25) is 0 Å². The Morgan fingerprint density at radius 3 is 1.58 bits per heavy atom. The van der Waals surface area contributed by atoms with Gasteiger partial charge in [0.25, 0.3) is 0 Å². The van der Waals surface area contributed by atoms with E-state index in [4.69, 9.17) is 8.83 Å². The van der Waals surface area contributed by atoms with Gasteiger partial charge in [0, 0.05) is 0 Å². The normalized spacial score (nSPS) is 12.6. The fourth-order valence-corrected chi connectivity index (χ4v) is 4.12. The molecule has 4 aromatic rings. The van der Waals surface area contributed by atoms with Crippen LogP contribution in [0.3, 0.4) is 0 Å². The lowest BCUT2D eigenvalue weighted by Gasteiger charge is -2.22. The number of aryl methyl sites for hydroxylation is 2.